The van der Waals surface area contributed by atoms with Crippen molar-refractivity contribution in [1.29, 1.82) is 5.26 Å². The summed E-state index contributed by atoms with van der Waals surface area (Å²) in [6, 6.07) is 7.67. The van der Waals surface area contributed by atoms with Crippen LogP contribution in [0.5, 0.6) is 5.75 Å². The Morgan fingerprint density at radius 3 is 2.54 bits per heavy atom. The van der Waals surface area contributed by atoms with E-state index in [1.807, 2.05) is 6.92 Å². The lowest BCUT2D eigenvalue weighted by Gasteiger charge is -2.35. The fraction of sp³-hybridized carbons (Fsp3) is 0.471. The van der Waals surface area contributed by atoms with Gasteiger partial charge in [-0.15, -0.1) is 13.2 Å². The molecule has 0 aliphatic carbocycles. The van der Waals surface area contributed by atoms with Crippen LogP contribution in [0.25, 0.3) is 0 Å². The van der Waals surface area contributed by atoms with Crippen molar-refractivity contribution in [3.8, 4) is 11.8 Å². The molecule has 0 saturated carbocycles. The first kappa shape index (κ1) is 18.4. The van der Waals surface area contributed by atoms with Gasteiger partial charge in [0.1, 0.15) is 11.8 Å². The Hall–Kier alpha value is -2.44. The molecule has 9 heteroatoms. The normalized spacial score (nSPS) is 28.3. The number of ether oxygens (including phenoxy) is 2. The third-order valence-electron chi connectivity index (χ3n) is 4.63. The van der Waals surface area contributed by atoms with Crippen LogP contribution in [0.3, 0.4) is 0 Å². The van der Waals surface area contributed by atoms with Gasteiger partial charge in [-0.2, -0.15) is 5.26 Å². The predicted octanol–water partition coefficient (Wildman–Crippen LogP) is 2.61. The number of alkyl halides is 3. The van der Waals surface area contributed by atoms with Crippen LogP contribution >= 0.6 is 0 Å². The van der Waals surface area contributed by atoms with E-state index in [2.05, 4.69) is 21.7 Å². The van der Waals surface area contributed by atoms with Gasteiger partial charge in [-0.1, -0.05) is 25.5 Å². The van der Waals surface area contributed by atoms with Crippen LogP contribution in [0, 0.1) is 17.2 Å². The van der Waals surface area contributed by atoms with Gasteiger partial charge in [0.2, 0.25) is 5.88 Å². The molecule has 6 nitrogen and oxygen atoms in total. The molecule has 0 aromatic heterocycles. The fourth-order valence-corrected chi connectivity index (χ4v) is 3.62. The first-order valence-corrected chi connectivity index (χ1v) is 8.27. The Balaban J connectivity index is 1.95. The monoisotopic (exact) mass is 368 g/mol. The third kappa shape index (κ3) is 3.57. The van der Waals surface area contributed by atoms with E-state index in [4.69, 9.17) is 10.5 Å². The second-order valence-electron chi connectivity index (χ2n) is 6.28. The van der Waals surface area contributed by atoms with Gasteiger partial charge in [-0.25, -0.2) is 5.43 Å². The van der Waals surface area contributed by atoms with Crippen molar-refractivity contribution in [3.05, 3.63) is 41.3 Å². The van der Waals surface area contributed by atoms with Crippen LogP contribution in [-0.4, -0.2) is 18.6 Å². The van der Waals surface area contributed by atoms with Gasteiger partial charge >= 0.3 is 6.36 Å². The van der Waals surface area contributed by atoms with Crippen molar-refractivity contribution < 1.29 is 22.6 Å². The number of fused-ring (bicyclic) bond motifs is 1. The van der Waals surface area contributed by atoms with Crippen molar-refractivity contribution in [2.24, 2.45) is 11.7 Å². The predicted molar refractivity (Wildman–Crippen MR) is 86.0 cm³/mol. The zero-order chi connectivity index (χ0) is 18.9. The summed E-state index contributed by atoms with van der Waals surface area (Å²) in [6.07, 6.45) is -3.39. The number of hydrogen-bond donors (Lipinski definition) is 3. The molecule has 3 rings (SSSR count). The Bertz CT molecular complexity index is 727. The quantitative estimate of drug-likeness (QED) is 0.757. The minimum atomic E-state index is -4.75. The number of hydrogen-bond acceptors (Lipinski definition) is 6. The maximum atomic E-state index is 12.4. The van der Waals surface area contributed by atoms with Crippen LogP contribution in [0.2, 0.25) is 0 Å². The summed E-state index contributed by atoms with van der Waals surface area (Å²) in [4.78, 5) is 0. The van der Waals surface area contributed by atoms with Gasteiger partial charge in [0.05, 0.1) is 5.57 Å². The SMILES string of the molecule is CCCC1NNC2OC(N)=C(C#N)C(c3ccc(OC(F)(F)F)cc3)C12. The largest absolute Gasteiger partial charge is 0.573 e. The Labute approximate surface area is 148 Å². The van der Waals surface area contributed by atoms with Gasteiger partial charge in [0.25, 0.3) is 0 Å². The van der Waals surface area contributed by atoms with Crippen molar-refractivity contribution in [3.63, 3.8) is 0 Å². The fourth-order valence-electron chi connectivity index (χ4n) is 3.62. The molecule has 2 aliphatic heterocycles. The first-order chi connectivity index (χ1) is 12.3. The highest BCUT2D eigenvalue weighted by molar-refractivity contribution is 5.43. The van der Waals surface area contributed by atoms with Gasteiger partial charge in [-0.05, 0) is 24.1 Å². The summed E-state index contributed by atoms with van der Waals surface area (Å²) in [5.74, 6) is -0.794. The summed E-state index contributed by atoms with van der Waals surface area (Å²) in [6.45, 7) is 2.05. The maximum Gasteiger partial charge on any atom is 0.573 e. The molecule has 2 aliphatic rings. The molecule has 1 aromatic rings. The molecule has 0 radical (unpaired) electrons. The Morgan fingerprint density at radius 2 is 1.96 bits per heavy atom. The molecule has 1 aromatic carbocycles. The van der Waals surface area contributed by atoms with Crippen LogP contribution in [0.15, 0.2) is 35.7 Å². The number of nitrogens with zero attached hydrogens (tertiary/aromatic N) is 1. The molecule has 1 fully saturated rings. The minimum absolute atomic E-state index is 0.0285. The van der Waals surface area contributed by atoms with Crippen LogP contribution in [0.1, 0.15) is 31.2 Å². The van der Waals surface area contributed by atoms with E-state index in [1.165, 1.54) is 24.3 Å². The lowest BCUT2D eigenvalue weighted by atomic mass is 9.75. The molecule has 2 heterocycles. The second kappa shape index (κ2) is 7.05. The van der Waals surface area contributed by atoms with Crippen LogP contribution in [-0.2, 0) is 4.74 Å². The standard InChI is InChI=1S/C17H19F3N4O2/c1-2-3-12-14-13(11(8-21)15(22)25-16(14)24-23-12)9-4-6-10(7-5-9)26-17(18,19)20/h4-7,12-14,16,23-24H,2-3,22H2,1H3. The van der Waals surface area contributed by atoms with Crippen molar-refractivity contribution in [1.82, 2.24) is 10.9 Å². The molecule has 140 valence electrons. The Morgan fingerprint density at radius 1 is 1.27 bits per heavy atom. The van der Waals surface area contributed by atoms with Gasteiger partial charge < -0.3 is 15.2 Å². The van der Waals surface area contributed by atoms with E-state index in [0.29, 0.717) is 5.56 Å². The zero-order valence-corrected chi connectivity index (χ0v) is 14.0. The summed E-state index contributed by atoms with van der Waals surface area (Å²) in [5, 5.41) is 9.55. The minimum Gasteiger partial charge on any atom is -0.458 e. The lowest BCUT2D eigenvalue weighted by Crippen LogP contribution is -2.41. The highest BCUT2D eigenvalue weighted by Gasteiger charge is 2.48. The molecule has 0 bridgehead atoms. The average Bonchev–Trinajstić information content (AvgIpc) is 2.96. The molecule has 4 unspecified atom stereocenters. The molecule has 1 saturated heterocycles. The van der Waals surface area contributed by atoms with Crippen molar-refractivity contribution >= 4 is 0 Å². The average molecular weight is 368 g/mol. The second-order valence-corrected chi connectivity index (χ2v) is 6.28. The molecule has 26 heavy (non-hydrogen) atoms. The highest BCUT2D eigenvalue weighted by Crippen LogP contribution is 2.44. The highest BCUT2D eigenvalue weighted by atomic mass is 19.4. The van der Waals surface area contributed by atoms with Crippen molar-refractivity contribution in [2.45, 2.75) is 44.3 Å². The Kier molecular flexibility index (Phi) is 4.98. The molecule has 4 atom stereocenters. The number of hydrazine groups is 1. The van der Waals surface area contributed by atoms with E-state index in [1.54, 1.807) is 0 Å². The topological polar surface area (TPSA) is 92.3 Å². The van der Waals surface area contributed by atoms with E-state index < -0.39 is 18.5 Å². The van der Waals surface area contributed by atoms with E-state index in [0.717, 1.165) is 12.8 Å². The number of halogens is 3. The molecular formula is C17H19F3N4O2. The summed E-state index contributed by atoms with van der Waals surface area (Å²) in [7, 11) is 0. The number of nitrogens with one attached hydrogen (secondary N) is 2. The van der Waals surface area contributed by atoms with Gasteiger partial charge in [0, 0.05) is 17.9 Å². The number of allylic oxidation sites excluding steroid dienone is 1. The number of rotatable bonds is 4. The smallest absolute Gasteiger partial charge is 0.458 e. The maximum absolute atomic E-state index is 12.4. The van der Waals surface area contributed by atoms with Crippen LogP contribution in [0.4, 0.5) is 13.2 Å². The van der Waals surface area contributed by atoms with Gasteiger partial charge in [0.15, 0.2) is 6.23 Å². The number of nitrogens with two attached hydrogens (primary N) is 1. The van der Waals surface area contributed by atoms with Gasteiger partial charge in [-0.3, -0.25) is 5.43 Å². The molecular weight excluding hydrogens is 349 g/mol. The zero-order valence-electron chi connectivity index (χ0n) is 14.0. The van der Waals surface area contributed by atoms with Crippen molar-refractivity contribution in [2.75, 3.05) is 0 Å². The molecule has 4 N–H and O–H groups in total. The molecule has 0 spiro atoms. The summed E-state index contributed by atoms with van der Waals surface area (Å²) < 4.78 is 46.6. The lowest BCUT2D eigenvalue weighted by molar-refractivity contribution is -0.274. The van der Waals surface area contributed by atoms with E-state index in [9.17, 15) is 18.4 Å². The van der Waals surface area contributed by atoms with E-state index >= 15 is 0 Å². The summed E-state index contributed by atoms with van der Waals surface area (Å²) >= 11 is 0. The molecule has 0 amide bonds. The third-order valence-corrected chi connectivity index (χ3v) is 4.63. The summed E-state index contributed by atoms with van der Waals surface area (Å²) in [5.41, 5.74) is 13.1. The number of nitriles is 1. The number of benzene rings is 1. The first-order valence-electron chi connectivity index (χ1n) is 8.27. The van der Waals surface area contributed by atoms with E-state index in [-0.39, 0.29) is 29.2 Å². The van der Waals surface area contributed by atoms with Crippen LogP contribution < -0.4 is 21.3 Å².